The molecule has 0 fully saturated rings. The molecule has 4 rings (SSSR count). The molecule has 3 aromatic carbocycles. The van der Waals surface area contributed by atoms with Gasteiger partial charge in [0.25, 0.3) is 10.0 Å². The number of rotatable bonds is 10. The molecule has 0 spiro atoms. The third-order valence-electron chi connectivity index (χ3n) is 5.20. The second-order valence-electron chi connectivity index (χ2n) is 7.38. The van der Waals surface area contributed by atoms with Crippen LogP contribution in [0.25, 0.3) is 0 Å². The first kappa shape index (κ1) is 26.2. The van der Waals surface area contributed by atoms with Crippen LogP contribution in [0.3, 0.4) is 0 Å². The predicted molar refractivity (Wildman–Crippen MR) is 139 cm³/mol. The first-order valence-electron chi connectivity index (χ1n) is 10.6. The molecule has 0 saturated heterocycles. The molecule has 0 saturated carbocycles. The zero-order valence-electron chi connectivity index (χ0n) is 19.7. The van der Waals surface area contributed by atoms with Crippen molar-refractivity contribution in [1.82, 2.24) is 9.36 Å². The number of sulfonamides is 1. The summed E-state index contributed by atoms with van der Waals surface area (Å²) in [5.41, 5.74) is 0.765. The van der Waals surface area contributed by atoms with Crippen molar-refractivity contribution in [3.05, 3.63) is 78.1 Å². The van der Waals surface area contributed by atoms with Gasteiger partial charge < -0.3 is 14.3 Å². The van der Waals surface area contributed by atoms with Gasteiger partial charge in [-0.25, -0.2) is 17.7 Å². The molecular weight excluding hydrogens is 534 g/mol. The molecule has 4 aromatic rings. The van der Waals surface area contributed by atoms with Gasteiger partial charge in [-0.2, -0.15) is 15.5 Å². The van der Waals surface area contributed by atoms with Gasteiger partial charge in [-0.1, -0.05) is 17.8 Å². The summed E-state index contributed by atoms with van der Waals surface area (Å²) in [6.45, 7) is -0.103. The highest BCUT2D eigenvalue weighted by molar-refractivity contribution is 7.99. The van der Waals surface area contributed by atoms with E-state index < -0.39 is 10.0 Å². The van der Waals surface area contributed by atoms with Gasteiger partial charge >= 0.3 is 0 Å². The highest BCUT2D eigenvalue weighted by Gasteiger charge is 2.29. The van der Waals surface area contributed by atoms with Crippen molar-refractivity contribution in [2.45, 2.75) is 21.2 Å². The van der Waals surface area contributed by atoms with Crippen LogP contribution in [0.1, 0.15) is 11.1 Å². The fraction of sp³-hybridized carbons (Fsp3) is 0.125. The average Bonchev–Trinajstić information content (AvgIpc) is 3.46. The summed E-state index contributed by atoms with van der Waals surface area (Å²) >= 11 is 2.27. The third kappa shape index (κ3) is 5.78. The Morgan fingerprint density at radius 3 is 2.59 bits per heavy atom. The fourth-order valence-electron chi connectivity index (χ4n) is 3.38. The van der Waals surface area contributed by atoms with Crippen molar-refractivity contribution in [2.75, 3.05) is 18.5 Å². The van der Waals surface area contributed by atoms with Crippen molar-refractivity contribution in [2.24, 2.45) is 5.90 Å². The Kier molecular flexibility index (Phi) is 8.14. The number of hydrogen-bond donors (Lipinski definition) is 1. The summed E-state index contributed by atoms with van der Waals surface area (Å²) in [4.78, 5) is 10.3. The van der Waals surface area contributed by atoms with E-state index >= 15 is 0 Å². The average molecular weight is 556 g/mol. The number of benzene rings is 3. The number of hydrogen-bond acceptors (Lipinski definition) is 11. The molecular formula is C24H21N5O5S3. The number of methoxy groups -OCH3 is 2. The molecule has 0 bridgehead atoms. The molecule has 13 heteroatoms. The first-order valence-corrected chi connectivity index (χ1v) is 13.6. The van der Waals surface area contributed by atoms with Crippen molar-refractivity contribution >= 4 is 38.4 Å². The summed E-state index contributed by atoms with van der Waals surface area (Å²) in [5.74, 6) is 6.65. The molecule has 37 heavy (non-hydrogen) atoms. The number of aromatic nitrogens is 2. The van der Waals surface area contributed by atoms with Crippen LogP contribution in [0.5, 0.6) is 17.2 Å². The summed E-state index contributed by atoms with van der Waals surface area (Å²) in [7, 11) is -1.11. The lowest BCUT2D eigenvalue weighted by atomic mass is 10.2. The van der Waals surface area contributed by atoms with E-state index in [1.54, 1.807) is 31.4 Å². The van der Waals surface area contributed by atoms with Crippen LogP contribution in [0.4, 0.5) is 5.13 Å². The summed E-state index contributed by atoms with van der Waals surface area (Å²) < 4.78 is 43.4. The van der Waals surface area contributed by atoms with E-state index in [2.05, 4.69) is 15.4 Å². The molecule has 0 aliphatic heterocycles. The smallest absolute Gasteiger partial charge is 0.266 e. The highest BCUT2D eigenvalue weighted by Crippen LogP contribution is 2.35. The van der Waals surface area contributed by atoms with Crippen molar-refractivity contribution in [3.63, 3.8) is 0 Å². The van der Waals surface area contributed by atoms with E-state index in [1.165, 1.54) is 37.3 Å². The summed E-state index contributed by atoms with van der Waals surface area (Å²) in [6, 6.07) is 18.7. The second kappa shape index (κ2) is 11.5. The van der Waals surface area contributed by atoms with Crippen molar-refractivity contribution < 1.29 is 22.7 Å². The van der Waals surface area contributed by atoms with E-state index in [1.807, 2.05) is 24.3 Å². The Hall–Kier alpha value is -3.83. The zero-order chi connectivity index (χ0) is 26.4. The number of nitriles is 1. The Labute approximate surface area is 222 Å². The van der Waals surface area contributed by atoms with Crippen LogP contribution in [-0.2, 0) is 16.6 Å². The Morgan fingerprint density at radius 2 is 1.92 bits per heavy atom. The number of anilines is 1. The topological polar surface area (TPSA) is 141 Å². The molecule has 0 amide bonds. The van der Waals surface area contributed by atoms with Gasteiger partial charge in [-0.15, -0.1) is 0 Å². The normalized spacial score (nSPS) is 11.0. The van der Waals surface area contributed by atoms with E-state index in [9.17, 15) is 13.7 Å². The monoisotopic (exact) mass is 555 g/mol. The highest BCUT2D eigenvalue weighted by atomic mass is 32.2. The quantitative estimate of drug-likeness (QED) is 0.283. The van der Waals surface area contributed by atoms with Gasteiger partial charge in [0, 0.05) is 33.0 Å². The van der Waals surface area contributed by atoms with E-state index in [-0.39, 0.29) is 22.1 Å². The van der Waals surface area contributed by atoms with E-state index in [0.29, 0.717) is 27.7 Å². The van der Waals surface area contributed by atoms with Crippen LogP contribution in [0.15, 0.2) is 81.7 Å². The fourth-order valence-corrected chi connectivity index (χ4v) is 6.46. The van der Waals surface area contributed by atoms with Gasteiger partial charge in [0.1, 0.15) is 23.9 Å². The molecule has 10 nitrogen and oxygen atoms in total. The van der Waals surface area contributed by atoms with Crippen LogP contribution in [0.2, 0.25) is 0 Å². The lowest BCUT2D eigenvalue weighted by molar-refractivity contribution is 0.330. The molecule has 1 heterocycles. The first-order chi connectivity index (χ1) is 17.9. The second-order valence-corrected chi connectivity index (χ2v) is 11.1. The Morgan fingerprint density at radius 1 is 1.08 bits per heavy atom. The molecule has 190 valence electrons. The van der Waals surface area contributed by atoms with Crippen LogP contribution >= 0.6 is 23.3 Å². The lowest BCUT2D eigenvalue weighted by Gasteiger charge is -2.23. The standard InChI is InChI=1S/C24H21N5O5S3/c1-32-18-4-3-5-20(11-18)35-23-9-8-21(10-17(23)13-25)37(30,31)29(24-27-15-28-36-24)14-16-6-7-19(34-26)12-22(16)33-2/h3-12,15H,14,26H2,1-2H3. The molecule has 0 aliphatic carbocycles. The Bertz CT molecular complexity index is 1540. The predicted octanol–water partition coefficient (Wildman–Crippen LogP) is 4.23. The van der Waals surface area contributed by atoms with Crippen molar-refractivity contribution in [3.8, 4) is 23.3 Å². The molecule has 0 unspecified atom stereocenters. The van der Waals surface area contributed by atoms with Gasteiger partial charge in [-0.05, 0) is 48.5 Å². The molecule has 0 atom stereocenters. The van der Waals surface area contributed by atoms with Gasteiger partial charge in [0.2, 0.25) is 5.13 Å². The molecule has 0 radical (unpaired) electrons. The Balaban J connectivity index is 1.71. The lowest BCUT2D eigenvalue weighted by Crippen LogP contribution is -2.30. The maximum absolute atomic E-state index is 13.8. The van der Waals surface area contributed by atoms with Crippen LogP contribution in [0, 0.1) is 11.3 Å². The zero-order valence-corrected chi connectivity index (χ0v) is 22.1. The van der Waals surface area contributed by atoms with E-state index in [0.717, 1.165) is 20.7 Å². The third-order valence-corrected chi connectivity index (χ3v) is 8.80. The van der Waals surface area contributed by atoms with Gasteiger partial charge in [0.15, 0.2) is 5.75 Å². The number of nitrogens with zero attached hydrogens (tertiary/aromatic N) is 4. The molecule has 1 aromatic heterocycles. The minimum atomic E-state index is -4.15. The largest absolute Gasteiger partial charge is 0.497 e. The summed E-state index contributed by atoms with van der Waals surface area (Å²) in [6.07, 6.45) is 1.28. The minimum absolute atomic E-state index is 0.0601. The molecule has 2 N–H and O–H groups in total. The summed E-state index contributed by atoms with van der Waals surface area (Å²) in [5, 5.41) is 9.97. The van der Waals surface area contributed by atoms with Gasteiger partial charge in [-0.3, -0.25) is 0 Å². The van der Waals surface area contributed by atoms with E-state index in [4.69, 9.17) is 20.2 Å². The maximum Gasteiger partial charge on any atom is 0.266 e. The van der Waals surface area contributed by atoms with Gasteiger partial charge in [0.05, 0.1) is 31.2 Å². The maximum atomic E-state index is 13.8. The van der Waals surface area contributed by atoms with Crippen molar-refractivity contribution in [1.29, 1.82) is 5.26 Å². The minimum Gasteiger partial charge on any atom is -0.497 e. The number of nitrogens with two attached hydrogens (primary N) is 1. The molecule has 0 aliphatic rings. The SMILES string of the molecule is COc1cccc(Sc2ccc(S(=O)(=O)N(Cc3ccc(ON)cc3OC)c3ncns3)cc2C#N)c1. The number of ether oxygens (including phenoxy) is 2. The van der Waals surface area contributed by atoms with Crippen LogP contribution in [-0.4, -0.2) is 32.0 Å². The van der Waals surface area contributed by atoms with Crippen LogP contribution < -0.4 is 24.5 Å².